The van der Waals surface area contributed by atoms with Crippen LogP contribution in [-0.4, -0.2) is 31.5 Å². The minimum atomic E-state index is -0.407. The van der Waals surface area contributed by atoms with Crippen LogP contribution in [-0.2, 0) is 11.3 Å². The zero-order chi connectivity index (χ0) is 14.5. The first-order valence-corrected chi connectivity index (χ1v) is 6.49. The van der Waals surface area contributed by atoms with E-state index in [2.05, 4.69) is 0 Å². The molecule has 0 aliphatic carbocycles. The lowest BCUT2D eigenvalue weighted by molar-refractivity contribution is -0.139. The van der Waals surface area contributed by atoms with Crippen molar-refractivity contribution in [3.63, 3.8) is 0 Å². The number of benzene rings is 1. The molecule has 0 aromatic heterocycles. The summed E-state index contributed by atoms with van der Waals surface area (Å²) < 4.78 is 5.11. The maximum absolute atomic E-state index is 12.3. The Hall–Kier alpha value is -1.55. The smallest absolute Gasteiger partial charge is 0.228 e. The normalized spacial score (nSPS) is 11.2. The topological polar surface area (TPSA) is 55.6 Å². The average Bonchev–Trinajstić information content (AvgIpc) is 2.38. The first-order valence-electron chi connectivity index (χ1n) is 6.49. The summed E-state index contributed by atoms with van der Waals surface area (Å²) in [6.45, 7) is 4.99. The van der Waals surface area contributed by atoms with Gasteiger partial charge in [0.2, 0.25) is 5.91 Å². The third-order valence-corrected chi connectivity index (χ3v) is 3.27. The van der Waals surface area contributed by atoms with Crippen LogP contribution in [0.15, 0.2) is 24.3 Å². The fourth-order valence-electron chi connectivity index (χ4n) is 2.06. The second-order valence-electron chi connectivity index (χ2n) is 5.43. The lowest BCUT2D eigenvalue weighted by atomic mass is 9.87. The molecule has 4 nitrogen and oxygen atoms in total. The van der Waals surface area contributed by atoms with Crippen LogP contribution in [0.3, 0.4) is 0 Å². The molecule has 4 heteroatoms. The summed E-state index contributed by atoms with van der Waals surface area (Å²) in [6, 6.07) is 7.74. The molecule has 0 heterocycles. The molecule has 19 heavy (non-hydrogen) atoms. The van der Waals surface area contributed by atoms with Crippen LogP contribution in [0.2, 0.25) is 0 Å². The second-order valence-corrected chi connectivity index (χ2v) is 5.43. The molecule has 0 bridgehead atoms. The van der Waals surface area contributed by atoms with Gasteiger partial charge in [0.1, 0.15) is 5.75 Å². The van der Waals surface area contributed by atoms with Crippen molar-refractivity contribution >= 4 is 5.91 Å². The van der Waals surface area contributed by atoms with Crippen LogP contribution in [0.5, 0.6) is 5.75 Å². The number of hydrogen-bond donors (Lipinski definition) is 1. The Balaban J connectivity index is 2.67. The van der Waals surface area contributed by atoms with Crippen LogP contribution in [0, 0.1) is 5.41 Å². The monoisotopic (exact) mass is 264 g/mol. The van der Waals surface area contributed by atoms with Crippen LogP contribution in [0.1, 0.15) is 25.8 Å². The van der Waals surface area contributed by atoms with Gasteiger partial charge in [-0.05, 0) is 30.7 Å². The summed E-state index contributed by atoms with van der Waals surface area (Å²) >= 11 is 0. The number of carbonyl (C=O) groups is 1. The Bertz CT molecular complexity index is 413. The predicted octanol–water partition coefficient (Wildman–Crippen LogP) is 2.03. The molecule has 1 aromatic rings. The summed E-state index contributed by atoms with van der Waals surface area (Å²) in [5.41, 5.74) is 6.23. The molecule has 0 radical (unpaired) electrons. The molecule has 0 spiro atoms. The van der Waals surface area contributed by atoms with Crippen LogP contribution in [0.4, 0.5) is 0 Å². The van der Waals surface area contributed by atoms with Crippen molar-refractivity contribution in [1.29, 1.82) is 0 Å². The standard InChI is InChI=1S/C15H24N2O2/c1-15(2,9-10-16)14(18)17(3)11-12-5-7-13(19-4)8-6-12/h5-8H,9-11,16H2,1-4H3. The molecule has 0 saturated heterocycles. The molecule has 0 unspecified atom stereocenters. The number of hydrogen-bond acceptors (Lipinski definition) is 3. The highest BCUT2D eigenvalue weighted by Gasteiger charge is 2.29. The van der Waals surface area contributed by atoms with Gasteiger partial charge in [0, 0.05) is 19.0 Å². The number of carbonyl (C=O) groups excluding carboxylic acids is 1. The fraction of sp³-hybridized carbons (Fsp3) is 0.533. The van der Waals surface area contributed by atoms with E-state index in [1.807, 2.05) is 45.2 Å². The van der Waals surface area contributed by atoms with Gasteiger partial charge < -0.3 is 15.4 Å². The summed E-state index contributed by atoms with van der Waals surface area (Å²) in [5, 5.41) is 0. The van der Waals surface area contributed by atoms with Crippen LogP contribution >= 0.6 is 0 Å². The molecule has 0 saturated carbocycles. The molecule has 106 valence electrons. The largest absolute Gasteiger partial charge is 0.497 e. The highest BCUT2D eigenvalue weighted by molar-refractivity contribution is 5.81. The van der Waals surface area contributed by atoms with E-state index in [9.17, 15) is 4.79 Å². The average molecular weight is 264 g/mol. The molecule has 1 rings (SSSR count). The predicted molar refractivity (Wildman–Crippen MR) is 76.9 cm³/mol. The van der Waals surface area contributed by atoms with E-state index >= 15 is 0 Å². The number of ether oxygens (including phenoxy) is 1. The van der Waals surface area contributed by atoms with E-state index in [-0.39, 0.29) is 5.91 Å². The zero-order valence-electron chi connectivity index (χ0n) is 12.3. The summed E-state index contributed by atoms with van der Waals surface area (Å²) in [6.07, 6.45) is 0.693. The van der Waals surface area contributed by atoms with Crippen molar-refractivity contribution in [3.8, 4) is 5.75 Å². The molecule has 0 atom stereocenters. The maximum atomic E-state index is 12.3. The highest BCUT2D eigenvalue weighted by atomic mass is 16.5. The van der Waals surface area contributed by atoms with Gasteiger partial charge in [0.15, 0.2) is 0 Å². The van der Waals surface area contributed by atoms with Gasteiger partial charge in [-0.2, -0.15) is 0 Å². The summed E-state index contributed by atoms with van der Waals surface area (Å²) in [5.74, 6) is 0.940. The molecular weight excluding hydrogens is 240 g/mol. The van der Waals surface area contributed by atoms with Gasteiger partial charge in [0.05, 0.1) is 7.11 Å². The summed E-state index contributed by atoms with van der Waals surface area (Å²) in [7, 11) is 3.46. The molecule has 0 aliphatic rings. The molecule has 0 aliphatic heterocycles. The van der Waals surface area contributed by atoms with E-state index in [1.165, 1.54) is 0 Å². The Labute approximate surface area is 115 Å². The third-order valence-electron chi connectivity index (χ3n) is 3.27. The van der Waals surface area contributed by atoms with Gasteiger partial charge >= 0.3 is 0 Å². The van der Waals surface area contributed by atoms with Crippen molar-refractivity contribution in [2.75, 3.05) is 20.7 Å². The lowest BCUT2D eigenvalue weighted by Crippen LogP contribution is -2.39. The second kappa shape index (κ2) is 6.57. The quantitative estimate of drug-likeness (QED) is 0.855. The minimum Gasteiger partial charge on any atom is -0.497 e. The fourth-order valence-corrected chi connectivity index (χ4v) is 2.06. The number of rotatable bonds is 6. The van der Waals surface area contributed by atoms with Gasteiger partial charge in [-0.3, -0.25) is 4.79 Å². The lowest BCUT2D eigenvalue weighted by Gasteiger charge is -2.29. The van der Waals surface area contributed by atoms with Crippen LogP contribution < -0.4 is 10.5 Å². The van der Waals surface area contributed by atoms with E-state index in [0.717, 1.165) is 11.3 Å². The van der Waals surface area contributed by atoms with Crippen molar-refractivity contribution in [2.45, 2.75) is 26.8 Å². The van der Waals surface area contributed by atoms with E-state index in [0.29, 0.717) is 19.5 Å². The van der Waals surface area contributed by atoms with Crippen molar-refractivity contribution in [1.82, 2.24) is 4.90 Å². The Morgan fingerprint density at radius 3 is 2.37 bits per heavy atom. The van der Waals surface area contributed by atoms with Crippen molar-refractivity contribution in [2.24, 2.45) is 11.1 Å². The molecular formula is C15H24N2O2. The van der Waals surface area contributed by atoms with E-state index in [1.54, 1.807) is 12.0 Å². The SMILES string of the molecule is COc1ccc(CN(C)C(=O)C(C)(C)CCN)cc1. The molecule has 0 fully saturated rings. The Kier molecular flexibility index (Phi) is 5.36. The van der Waals surface area contributed by atoms with Crippen LogP contribution in [0.25, 0.3) is 0 Å². The highest BCUT2D eigenvalue weighted by Crippen LogP contribution is 2.23. The number of nitrogens with zero attached hydrogens (tertiary/aromatic N) is 1. The number of methoxy groups -OCH3 is 1. The van der Waals surface area contributed by atoms with Gasteiger partial charge in [0.25, 0.3) is 0 Å². The first kappa shape index (κ1) is 15.5. The molecule has 1 aromatic carbocycles. The minimum absolute atomic E-state index is 0.119. The molecule has 1 amide bonds. The maximum Gasteiger partial charge on any atom is 0.228 e. The number of nitrogens with two attached hydrogens (primary N) is 1. The van der Waals surface area contributed by atoms with Gasteiger partial charge in [-0.25, -0.2) is 0 Å². The summed E-state index contributed by atoms with van der Waals surface area (Å²) in [4.78, 5) is 14.1. The number of amides is 1. The van der Waals surface area contributed by atoms with E-state index < -0.39 is 5.41 Å². The Morgan fingerprint density at radius 2 is 1.89 bits per heavy atom. The third kappa shape index (κ3) is 4.24. The molecule has 2 N–H and O–H groups in total. The zero-order valence-corrected chi connectivity index (χ0v) is 12.3. The van der Waals surface area contributed by atoms with Crippen molar-refractivity contribution < 1.29 is 9.53 Å². The van der Waals surface area contributed by atoms with Gasteiger partial charge in [-0.15, -0.1) is 0 Å². The van der Waals surface area contributed by atoms with E-state index in [4.69, 9.17) is 10.5 Å². The van der Waals surface area contributed by atoms with Crippen molar-refractivity contribution in [3.05, 3.63) is 29.8 Å². The first-order chi connectivity index (χ1) is 8.90. The Morgan fingerprint density at radius 1 is 1.32 bits per heavy atom. The van der Waals surface area contributed by atoms with Gasteiger partial charge in [-0.1, -0.05) is 26.0 Å².